The Hall–Kier alpha value is -2.35. The van der Waals surface area contributed by atoms with Crippen LogP contribution in [-0.2, 0) is 16.0 Å². The van der Waals surface area contributed by atoms with Crippen molar-refractivity contribution in [3.8, 4) is 0 Å². The predicted molar refractivity (Wildman–Crippen MR) is 78.9 cm³/mol. The number of rotatable bonds is 3. The van der Waals surface area contributed by atoms with Gasteiger partial charge < -0.3 is 5.32 Å². The fourth-order valence-corrected chi connectivity index (χ4v) is 2.46. The van der Waals surface area contributed by atoms with Gasteiger partial charge in [0, 0.05) is 17.5 Å². The molecule has 0 aliphatic carbocycles. The van der Waals surface area contributed by atoms with Crippen LogP contribution in [-0.4, -0.2) is 20.6 Å². The van der Waals surface area contributed by atoms with Crippen molar-refractivity contribution in [2.75, 3.05) is 11.6 Å². The van der Waals surface area contributed by atoms with E-state index in [0.29, 0.717) is 0 Å². The number of benzene rings is 2. The molecule has 1 N–H and O–H groups in total. The van der Waals surface area contributed by atoms with E-state index in [1.807, 2.05) is 0 Å². The topological polar surface area (TPSA) is 63.2 Å². The Balaban J connectivity index is 2.19. The lowest BCUT2D eigenvalue weighted by Crippen LogP contribution is -2.14. The van der Waals surface area contributed by atoms with Crippen molar-refractivity contribution in [3.63, 3.8) is 0 Å². The summed E-state index contributed by atoms with van der Waals surface area (Å²) in [5.41, 5.74) is -0.788. The highest BCUT2D eigenvalue weighted by Crippen LogP contribution is 2.29. The molecule has 0 unspecified atom stereocenters. The highest BCUT2D eigenvalue weighted by molar-refractivity contribution is 7.90. The number of hydrogen-bond donors (Lipinski definition) is 1. The number of carbonyl (C=O) groups excluding carboxylic acids is 1. The quantitative estimate of drug-likeness (QED) is 0.929. The summed E-state index contributed by atoms with van der Waals surface area (Å²) in [5.74, 6) is -0.719. The molecule has 0 bridgehead atoms. The van der Waals surface area contributed by atoms with Gasteiger partial charge in [-0.2, -0.15) is 13.2 Å². The number of anilines is 1. The third-order valence-corrected chi connectivity index (χ3v) is 4.12. The Morgan fingerprint density at radius 2 is 1.65 bits per heavy atom. The number of sulfone groups is 1. The fourth-order valence-electron chi connectivity index (χ4n) is 1.83. The fraction of sp³-hybridized carbons (Fsp3) is 0.133. The van der Waals surface area contributed by atoms with Gasteiger partial charge in [0.2, 0.25) is 0 Å². The second kappa shape index (κ2) is 6.04. The van der Waals surface area contributed by atoms with Crippen LogP contribution in [0.1, 0.15) is 15.9 Å². The third kappa shape index (κ3) is 4.32. The number of hydrogen-bond acceptors (Lipinski definition) is 3. The summed E-state index contributed by atoms with van der Waals surface area (Å²) in [6.07, 6.45) is -3.49. The predicted octanol–water partition coefficient (Wildman–Crippen LogP) is 3.36. The van der Waals surface area contributed by atoms with Crippen molar-refractivity contribution in [3.05, 3.63) is 59.7 Å². The van der Waals surface area contributed by atoms with Gasteiger partial charge in [-0.3, -0.25) is 4.79 Å². The molecule has 0 saturated heterocycles. The Morgan fingerprint density at radius 3 is 2.17 bits per heavy atom. The zero-order chi connectivity index (χ0) is 17.3. The highest BCUT2D eigenvalue weighted by atomic mass is 32.2. The van der Waals surface area contributed by atoms with E-state index in [1.54, 1.807) is 0 Å². The molecular formula is C15H12F3NO3S. The number of carbonyl (C=O) groups is 1. The molecule has 2 aromatic carbocycles. The van der Waals surface area contributed by atoms with Crippen LogP contribution in [0.5, 0.6) is 0 Å². The van der Waals surface area contributed by atoms with E-state index in [-0.39, 0.29) is 16.1 Å². The van der Waals surface area contributed by atoms with Gasteiger partial charge in [0.15, 0.2) is 9.84 Å². The van der Waals surface area contributed by atoms with E-state index in [2.05, 4.69) is 5.32 Å². The molecule has 0 atom stereocenters. The summed E-state index contributed by atoms with van der Waals surface area (Å²) in [4.78, 5) is 12.1. The van der Waals surface area contributed by atoms with Crippen LogP contribution in [0.25, 0.3) is 0 Å². The van der Waals surface area contributed by atoms with Crippen molar-refractivity contribution in [2.45, 2.75) is 11.1 Å². The minimum Gasteiger partial charge on any atom is -0.322 e. The first-order chi connectivity index (χ1) is 10.6. The van der Waals surface area contributed by atoms with Crippen LogP contribution < -0.4 is 5.32 Å². The largest absolute Gasteiger partial charge is 0.416 e. The molecule has 122 valence electrons. The molecule has 0 aliphatic heterocycles. The van der Waals surface area contributed by atoms with Gasteiger partial charge in [0.25, 0.3) is 5.91 Å². The van der Waals surface area contributed by atoms with Crippen molar-refractivity contribution in [1.82, 2.24) is 0 Å². The SMILES string of the molecule is CS(=O)(=O)c1ccc(NC(=O)c2cccc(C(F)(F)F)c2)cc1. The Kier molecular flexibility index (Phi) is 4.46. The maximum absolute atomic E-state index is 12.6. The van der Waals surface area contributed by atoms with Crippen molar-refractivity contribution in [1.29, 1.82) is 0 Å². The molecule has 0 fully saturated rings. The van der Waals surface area contributed by atoms with Crippen LogP contribution in [0.2, 0.25) is 0 Å². The van der Waals surface area contributed by atoms with Gasteiger partial charge in [-0.15, -0.1) is 0 Å². The van der Waals surface area contributed by atoms with E-state index in [0.717, 1.165) is 24.5 Å². The monoisotopic (exact) mass is 343 g/mol. The molecular weight excluding hydrogens is 331 g/mol. The molecule has 4 nitrogen and oxygen atoms in total. The molecule has 1 amide bonds. The van der Waals surface area contributed by atoms with Crippen LogP contribution in [0.15, 0.2) is 53.4 Å². The van der Waals surface area contributed by atoms with Crippen LogP contribution >= 0.6 is 0 Å². The van der Waals surface area contributed by atoms with E-state index >= 15 is 0 Å². The molecule has 0 radical (unpaired) electrons. The maximum atomic E-state index is 12.6. The molecule has 23 heavy (non-hydrogen) atoms. The second-order valence-corrected chi connectivity index (χ2v) is 6.84. The van der Waals surface area contributed by atoms with Gasteiger partial charge >= 0.3 is 6.18 Å². The van der Waals surface area contributed by atoms with Crippen molar-refractivity contribution < 1.29 is 26.4 Å². The molecule has 2 rings (SSSR count). The van der Waals surface area contributed by atoms with Crippen molar-refractivity contribution in [2.24, 2.45) is 0 Å². The molecule has 0 saturated carbocycles. The first-order valence-electron chi connectivity index (χ1n) is 6.36. The zero-order valence-electron chi connectivity index (χ0n) is 11.9. The van der Waals surface area contributed by atoms with Gasteiger partial charge in [-0.25, -0.2) is 8.42 Å². The lowest BCUT2D eigenvalue weighted by molar-refractivity contribution is -0.137. The first-order valence-corrected chi connectivity index (χ1v) is 8.25. The van der Waals surface area contributed by atoms with Crippen molar-refractivity contribution >= 4 is 21.4 Å². The Bertz CT molecular complexity index is 828. The first kappa shape index (κ1) is 17.0. The normalized spacial score (nSPS) is 12.0. The average molecular weight is 343 g/mol. The summed E-state index contributed by atoms with van der Waals surface area (Å²) in [6, 6.07) is 9.36. The van der Waals surface area contributed by atoms with Gasteiger partial charge in [-0.1, -0.05) is 6.07 Å². The third-order valence-electron chi connectivity index (χ3n) is 2.99. The molecule has 0 aliphatic rings. The lowest BCUT2D eigenvalue weighted by atomic mass is 10.1. The Morgan fingerprint density at radius 1 is 1.04 bits per heavy atom. The molecule has 0 aromatic heterocycles. The standard InChI is InChI=1S/C15H12F3NO3S/c1-23(21,22)13-7-5-12(6-8-13)19-14(20)10-3-2-4-11(9-10)15(16,17)18/h2-9H,1H3,(H,19,20). The summed E-state index contributed by atoms with van der Waals surface area (Å²) < 4.78 is 60.5. The average Bonchev–Trinajstić information content (AvgIpc) is 2.46. The number of halogens is 3. The smallest absolute Gasteiger partial charge is 0.322 e. The van der Waals surface area contributed by atoms with E-state index in [1.165, 1.54) is 30.3 Å². The van der Waals surface area contributed by atoms with Crippen LogP contribution in [0, 0.1) is 0 Å². The van der Waals surface area contributed by atoms with E-state index in [9.17, 15) is 26.4 Å². The summed E-state index contributed by atoms with van der Waals surface area (Å²) in [6.45, 7) is 0. The summed E-state index contributed by atoms with van der Waals surface area (Å²) in [7, 11) is -3.36. The van der Waals surface area contributed by atoms with E-state index in [4.69, 9.17) is 0 Å². The minimum atomic E-state index is -4.53. The number of alkyl halides is 3. The lowest BCUT2D eigenvalue weighted by Gasteiger charge is -2.09. The second-order valence-electron chi connectivity index (χ2n) is 4.83. The number of amides is 1. The maximum Gasteiger partial charge on any atom is 0.416 e. The molecule has 2 aromatic rings. The highest BCUT2D eigenvalue weighted by Gasteiger charge is 2.30. The molecule has 0 heterocycles. The van der Waals surface area contributed by atoms with Crippen LogP contribution in [0.3, 0.4) is 0 Å². The Labute approximate surface area is 130 Å². The zero-order valence-corrected chi connectivity index (χ0v) is 12.7. The van der Waals surface area contributed by atoms with Crippen LogP contribution in [0.4, 0.5) is 18.9 Å². The summed E-state index contributed by atoms with van der Waals surface area (Å²) in [5, 5.41) is 2.41. The minimum absolute atomic E-state index is 0.0783. The molecule has 8 heteroatoms. The number of nitrogens with one attached hydrogen (secondary N) is 1. The van der Waals surface area contributed by atoms with Gasteiger partial charge in [0.05, 0.1) is 10.5 Å². The van der Waals surface area contributed by atoms with E-state index < -0.39 is 27.5 Å². The van der Waals surface area contributed by atoms with Gasteiger partial charge in [-0.05, 0) is 42.5 Å². The summed E-state index contributed by atoms with van der Waals surface area (Å²) >= 11 is 0. The van der Waals surface area contributed by atoms with Gasteiger partial charge in [0.1, 0.15) is 0 Å². The molecule has 0 spiro atoms.